The van der Waals surface area contributed by atoms with E-state index in [0.29, 0.717) is 23.2 Å². The molecule has 1 fully saturated rings. The predicted octanol–water partition coefficient (Wildman–Crippen LogP) is 2.03. The fourth-order valence-electron chi connectivity index (χ4n) is 2.00. The molecule has 1 aliphatic heterocycles. The van der Waals surface area contributed by atoms with Crippen LogP contribution in [0.3, 0.4) is 0 Å². The Bertz CT molecular complexity index is 664. The molecule has 0 saturated heterocycles. The van der Waals surface area contributed by atoms with E-state index >= 15 is 0 Å². The average Bonchev–Trinajstić information content (AvgIpc) is 3.00. The molecule has 2 aliphatic rings. The van der Waals surface area contributed by atoms with Crippen LogP contribution in [0.4, 0.5) is 5.69 Å². The Labute approximate surface area is 126 Å². The third kappa shape index (κ3) is 2.65. The third-order valence-corrected chi connectivity index (χ3v) is 6.24. The van der Waals surface area contributed by atoms with Crippen molar-refractivity contribution in [3.8, 4) is 0 Å². The van der Waals surface area contributed by atoms with Gasteiger partial charge in [-0.15, -0.1) is 15.7 Å². The van der Waals surface area contributed by atoms with Crippen LogP contribution in [0.2, 0.25) is 4.34 Å². The molecule has 9 heteroatoms. The highest BCUT2D eigenvalue weighted by Gasteiger charge is 2.44. The topological polar surface area (TPSA) is 79.8 Å². The van der Waals surface area contributed by atoms with E-state index in [9.17, 15) is 8.42 Å². The third-order valence-electron chi connectivity index (χ3n) is 3.19. The smallest absolute Gasteiger partial charge is 0.297 e. The van der Waals surface area contributed by atoms with Gasteiger partial charge in [0.1, 0.15) is 0 Å². The van der Waals surface area contributed by atoms with E-state index < -0.39 is 10.0 Å². The molecule has 0 unspecified atom stereocenters. The minimum Gasteiger partial charge on any atom is -0.379 e. The van der Waals surface area contributed by atoms with E-state index in [1.807, 2.05) is 6.92 Å². The Morgan fingerprint density at radius 3 is 3.00 bits per heavy atom. The highest BCUT2D eigenvalue weighted by atomic mass is 35.5. The highest BCUT2D eigenvalue weighted by molar-refractivity contribution is 7.92. The number of hydrogen-bond donors (Lipinski definition) is 2. The lowest BCUT2D eigenvalue weighted by molar-refractivity contribution is 0.121. The van der Waals surface area contributed by atoms with Crippen LogP contribution < -0.4 is 10.6 Å². The zero-order valence-corrected chi connectivity index (χ0v) is 13.2. The molecule has 1 saturated carbocycles. The molecule has 1 aliphatic carbocycles. The van der Waals surface area contributed by atoms with Crippen molar-refractivity contribution in [3.63, 3.8) is 0 Å². The van der Waals surface area contributed by atoms with E-state index in [0.717, 1.165) is 24.2 Å². The molecule has 0 radical (unpaired) electrons. The molecular formula is C11H14ClN3O3S2. The van der Waals surface area contributed by atoms with Gasteiger partial charge in [-0.3, -0.25) is 0 Å². The predicted molar refractivity (Wildman–Crippen MR) is 79.2 cm³/mol. The SMILES string of the molecule is CCOCC1(NC2=NS(=O)(=O)c3sc(Cl)cc3N2)CC1. The number of nitrogens with zero attached hydrogens (tertiary/aromatic N) is 1. The standard InChI is InChI=1S/C11H14ClN3O3S2/c1-2-18-6-11(3-4-11)14-10-13-7-5-8(12)19-9(7)20(16,17)15-10/h5H,2-4,6H2,1H3,(H2,13,14,15). The molecule has 0 amide bonds. The molecule has 20 heavy (non-hydrogen) atoms. The quantitative estimate of drug-likeness (QED) is 0.880. The van der Waals surface area contributed by atoms with Gasteiger partial charge in [0, 0.05) is 6.61 Å². The molecule has 0 bridgehead atoms. The number of sulfonamides is 1. The van der Waals surface area contributed by atoms with Gasteiger partial charge in [0.05, 0.1) is 22.2 Å². The van der Waals surface area contributed by atoms with Gasteiger partial charge in [0.2, 0.25) is 5.96 Å². The van der Waals surface area contributed by atoms with E-state index in [1.54, 1.807) is 6.07 Å². The van der Waals surface area contributed by atoms with Crippen molar-refractivity contribution < 1.29 is 13.2 Å². The summed E-state index contributed by atoms with van der Waals surface area (Å²) in [5.74, 6) is 0.240. The van der Waals surface area contributed by atoms with Crippen molar-refractivity contribution in [2.24, 2.45) is 4.40 Å². The summed E-state index contributed by atoms with van der Waals surface area (Å²) >= 11 is 6.86. The van der Waals surface area contributed by atoms with E-state index in [2.05, 4.69) is 15.0 Å². The molecule has 0 aromatic carbocycles. The number of guanidine groups is 1. The zero-order valence-electron chi connectivity index (χ0n) is 10.8. The van der Waals surface area contributed by atoms with Crippen LogP contribution in [-0.4, -0.2) is 33.1 Å². The second-order valence-electron chi connectivity index (χ2n) is 4.83. The van der Waals surface area contributed by atoms with Crippen LogP contribution in [0.1, 0.15) is 19.8 Å². The number of thiophene rings is 1. The number of halogens is 1. The van der Waals surface area contributed by atoms with Crippen molar-refractivity contribution in [3.05, 3.63) is 10.4 Å². The van der Waals surface area contributed by atoms with Crippen molar-refractivity contribution in [2.75, 3.05) is 18.5 Å². The lowest BCUT2D eigenvalue weighted by atomic mass is 10.3. The zero-order chi connectivity index (χ0) is 14.4. The number of rotatable bonds is 4. The van der Waals surface area contributed by atoms with Gasteiger partial charge in [0.25, 0.3) is 10.0 Å². The van der Waals surface area contributed by atoms with Crippen LogP contribution in [0, 0.1) is 0 Å². The largest absolute Gasteiger partial charge is 0.379 e. The van der Waals surface area contributed by atoms with Gasteiger partial charge in [-0.2, -0.15) is 8.42 Å². The molecule has 110 valence electrons. The van der Waals surface area contributed by atoms with Crippen LogP contribution >= 0.6 is 22.9 Å². The van der Waals surface area contributed by atoms with Crippen molar-refractivity contribution in [1.29, 1.82) is 0 Å². The first-order chi connectivity index (χ1) is 9.44. The van der Waals surface area contributed by atoms with E-state index in [4.69, 9.17) is 16.3 Å². The van der Waals surface area contributed by atoms with Crippen LogP contribution in [0.25, 0.3) is 0 Å². The van der Waals surface area contributed by atoms with Gasteiger partial charge >= 0.3 is 0 Å². The molecule has 0 atom stereocenters. The van der Waals surface area contributed by atoms with Gasteiger partial charge in [-0.25, -0.2) is 0 Å². The van der Waals surface area contributed by atoms with Crippen molar-refractivity contribution in [2.45, 2.75) is 29.5 Å². The maximum atomic E-state index is 12.1. The fraction of sp³-hybridized carbons (Fsp3) is 0.545. The second-order valence-corrected chi connectivity index (χ2v) is 8.32. The van der Waals surface area contributed by atoms with E-state index in [1.165, 1.54) is 0 Å². The number of hydrogen-bond acceptors (Lipinski definition) is 6. The lowest BCUT2D eigenvalue weighted by Gasteiger charge is -2.22. The summed E-state index contributed by atoms with van der Waals surface area (Å²) in [6.45, 7) is 3.10. The molecular weight excluding hydrogens is 322 g/mol. The molecule has 6 nitrogen and oxygen atoms in total. The number of anilines is 1. The molecule has 0 spiro atoms. The Kier molecular flexibility index (Phi) is 3.44. The summed E-state index contributed by atoms with van der Waals surface area (Å²) in [6, 6.07) is 1.59. The minimum absolute atomic E-state index is 0.155. The number of fused-ring (bicyclic) bond motifs is 1. The number of ether oxygens (including phenoxy) is 1. The average molecular weight is 336 g/mol. The first kappa shape index (κ1) is 14.1. The van der Waals surface area contributed by atoms with Crippen LogP contribution in [0.15, 0.2) is 14.7 Å². The normalized spacial score (nSPS) is 21.6. The summed E-state index contributed by atoms with van der Waals surface area (Å²) in [5, 5.41) is 6.12. The summed E-state index contributed by atoms with van der Waals surface area (Å²) in [4.78, 5) is 0. The maximum absolute atomic E-state index is 12.1. The summed E-state index contributed by atoms with van der Waals surface area (Å²) < 4.78 is 33.9. The van der Waals surface area contributed by atoms with Crippen molar-refractivity contribution >= 4 is 44.6 Å². The Hall–Kier alpha value is -0.830. The van der Waals surface area contributed by atoms with E-state index in [-0.39, 0.29) is 15.7 Å². The molecule has 2 heterocycles. The first-order valence-electron chi connectivity index (χ1n) is 6.21. The minimum atomic E-state index is -3.68. The molecule has 2 N–H and O–H groups in total. The van der Waals surface area contributed by atoms with Gasteiger partial charge in [-0.1, -0.05) is 11.6 Å². The second kappa shape index (κ2) is 4.87. The Morgan fingerprint density at radius 1 is 1.60 bits per heavy atom. The number of nitrogens with one attached hydrogen (secondary N) is 2. The van der Waals surface area contributed by atoms with Crippen LogP contribution in [0.5, 0.6) is 0 Å². The summed E-state index contributed by atoms with van der Waals surface area (Å²) in [5.41, 5.74) is 0.277. The Balaban J connectivity index is 1.81. The first-order valence-corrected chi connectivity index (χ1v) is 8.85. The summed E-state index contributed by atoms with van der Waals surface area (Å²) in [6.07, 6.45) is 1.87. The van der Waals surface area contributed by atoms with Crippen molar-refractivity contribution in [1.82, 2.24) is 5.32 Å². The Morgan fingerprint density at radius 2 is 2.35 bits per heavy atom. The molecule has 1 aromatic rings. The summed E-state index contributed by atoms with van der Waals surface area (Å²) in [7, 11) is -3.68. The van der Waals surface area contributed by atoms with Gasteiger partial charge < -0.3 is 15.4 Å². The highest BCUT2D eigenvalue weighted by Crippen LogP contribution is 2.39. The van der Waals surface area contributed by atoms with Gasteiger partial charge in [-0.05, 0) is 25.8 Å². The van der Waals surface area contributed by atoms with Crippen LogP contribution in [-0.2, 0) is 14.8 Å². The molecule has 3 rings (SSSR count). The fourth-order valence-corrected chi connectivity index (χ4v) is 4.65. The van der Waals surface area contributed by atoms with Gasteiger partial charge in [0.15, 0.2) is 4.21 Å². The molecule has 1 aromatic heterocycles. The lowest BCUT2D eigenvalue weighted by Crippen LogP contribution is -2.45. The maximum Gasteiger partial charge on any atom is 0.297 e. The monoisotopic (exact) mass is 335 g/mol.